The fourth-order valence-electron chi connectivity index (χ4n) is 3.58. The fourth-order valence-corrected chi connectivity index (χ4v) is 3.91. The Morgan fingerprint density at radius 3 is 2.86 bits per heavy atom. The van der Waals surface area contributed by atoms with E-state index in [1.165, 1.54) is 0 Å². The standard InChI is InChI=1S/C22H22N4O2S/c1-15-6-4-7-16(14-15)24-19(27)10-12-26-21(18-9-5-13-28-18)20(25-22(26)29)17-8-2-3-11-23-17/h2-9,11,13-14,20-21H,10,12H2,1H3,(H,24,27)(H,25,29)/t20-,21-/m0/s1. The van der Waals surface area contributed by atoms with Gasteiger partial charge in [-0.05, 0) is 61.1 Å². The van der Waals surface area contributed by atoms with Gasteiger partial charge in [-0.3, -0.25) is 9.78 Å². The number of carbonyl (C=O) groups is 1. The first kappa shape index (κ1) is 19.1. The Morgan fingerprint density at radius 1 is 1.24 bits per heavy atom. The average Bonchev–Trinajstić information content (AvgIpc) is 3.35. The monoisotopic (exact) mass is 406 g/mol. The molecule has 0 bridgehead atoms. The molecule has 4 rings (SSSR count). The van der Waals surface area contributed by atoms with Crippen LogP contribution in [0.3, 0.4) is 0 Å². The minimum absolute atomic E-state index is 0.0575. The molecule has 0 saturated carbocycles. The molecule has 6 nitrogen and oxygen atoms in total. The number of furan rings is 1. The molecule has 0 spiro atoms. The van der Waals surface area contributed by atoms with Gasteiger partial charge in [0.05, 0.1) is 18.0 Å². The smallest absolute Gasteiger partial charge is 0.226 e. The van der Waals surface area contributed by atoms with E-state index in [4.69, 9.17) is 16.6 Å². The van der Waals surface area contributed by atoms with E-state index >= 15 is 0 Å². The molecule has 3 heterocycles. The minimum atomic E-state index is -0.167. The highest BCUT2D eigenvalue weighted by Crippen LogP contribution is 2.38. The molecule has 1 saturated heterocycles. The second-order valence-electron chi connectivity index (χ2n) is 7.00. The Morgan fingerprint density at radius 2 is 2.14 bits per heavy atom. The number of nitrogens with one attached hydrogen (secondary N) is 2. The third-order valence-electron chi connectivity index (χ3n) is 4.91. The lowest BCUT2D eigenvalue weighted by molar-refractivity contribution is -0.116. The van der Waals surface area contributed by atoms with Crippen LogP contribution in [0.2, 0.25) is 0 Å². The van der Waals surface area contributed by atoms with Crippen LogP contribution in [0.15, 0.2) is 71.5 Å². The Bertz CT molecular complexity index is 991. The maximum Gasteiger partial charge on any atom is 0.226 e. The molecule has 7 heteroatoms. The zero-order valence-electron chi connectivity index (χ0n) is 16.0. The van der Waals surface area contributed by atoms with E-state index in [0.717, 1.165) is 22.7 Å². The first-order valence-corrected chi connectivity index (χ1v) is 9.90. The van der Waals surface area contributed by atoms with Crippen molar-refractivity contribution in [3.05, 3.63) is 84.1 Å². The van der Waals surface area contributed by atoms with Crippen LogP contribution in [0.1, 0.15) is 35.5 Å². The van der Waals surface area contributed by atoms with Crippen LogP contribution in [0.4, 0.5) is 5.69 Å². The van der Waals surface area contributed by atoms with E-state index in [9.17, 15) is 4.79 Å². The second-order valence-corrected chi connectivity index (χ2v) is 7.39. The summed E-state index contributed by atoms with van der Waals surface area (Å²) in [5.74, 6) is 0.727. The Kier molecular flexibility index (Phi) is 5.57. The number of rotatable bonds is 6. The molecule has 1 aliphatic heterocycles. The summed E-state index contributed by atoms with van der Waals surface area (Å²) < 4.78 is 5.69. The van der Waals surface area contributed by atoms with Crippen molar-refractivity contribution in [2.24, 2.45) is 0 Å². The summed E-state index contributed by atoms with van der Waals surface area (Å²) in [5, 5.41) is 6.88. The van der Waals surface area contributed by atoms with E-state index in [1.807, 2.05) is 66.4 Å². The van der Waals surface area contributed by atoms with Crippen molar-refractivity contribution in [3.8, 4) is 0 Å². The lowest BCUT2D eigenvalue weighted by Gasteiger charge is -2.25. The molecule has 3 aromatic rings. The zero-order valence-corrected chi connectivity index (χ0v) is 16.9. The van der Waals surface area contributed by atoms with Crippen molar-refractivity contribution >= 4 is 28.9 Å². The zero-order chi connectivity index (χ0) is 20.2. The number of carbonyl (C=O) groups excluding carboxylic acids is 1. The number of aryl methyl sites for hydroxylation is 1. The summed E-state index contributed by atoms with van der Waals surface area (Å²) in [4.78, 5) is 19.0. The molecule has 2 N–H and O–H groups in total. The molecule has 1 amide bonds. The third kappa shape index (κ3) is 4.30. The van der Waals surface area contributed by atoms with Gasteiger partial charge in [-0.25, -0.2) is 0 Å². The average molecular weight is 407 g/mol. The van der Waals surface area contributed by atoms with Crippen molar-refractivity contribution in [2.75, 3.05) is 11.9 Å². The van der Waals surface area contributed by atoms with Gasteiger partial charge in [0.25, 0.3) is 0 Å². The molecule has 1 aromatic carbocycles. The number of hydrogen-bond acceptors (Lipinski definition) is 4. The highest BCUT2D eigenvalue weighted by atomic mass is 32.1. The van der Waals surface area contributed by atoms with Crippen molar-refractivity contribution < 1.29 is 9.21 Å². The number of anilines is 1. The van der Waals surface area contributed by atoms with Crippen molar-refractivity contribution in [1.82, 2.24) is 15.2 Å². The van der Waals surface area contributed by atoms with Crippen LogP contribution in [0.25, 0.3) is 0 Å². The van der Waals surface area contributed by atoms with E-state index in [0.29, 0.717) is 18.1 Å². The number of benzene rings is 1. The van der Waals surface area contributed by atoms with Gasteiger partial charge in [0.15, 0.2) is 5.11 Å². The summed E-state index contributed by atoms with van der Waals surface area (Å²) in [6.07, 6.45) is 3.72. The largest absolute Gasteiger partial charge is 0.467 e. The van der Waals surface area contributed by atoms with Gasteiger partial charge < -0.3 is 20.0 Å². The summed E-state index contributed by atoms with van der Waals surface area (Å²) in [7, 11) is 0. The predicted octanol–water partition coefficient (Wildman–Crippen LogP) is 3.98. The normalized spacial score (nSPS) is 18.5. The first-order chi connectivity index (χ1) is 14.1. The lowest BCUT2D eigenvalue weighted by Crippen LogP contribution is -2.32. The van der Waals surface area contributed by atoms with E-state index in [-0.39, 0.29) is 18.0 Å². The number of thiocarbonyl (C=S) groups is 1. The molecule has 148 valence electrons. The lowest BCUT2D eigenvalue weighted by atomic mass is 10.0. The third-order valence-corrected chi connectivity index (χ3v) is 5.27. The molecule has 1 fully saturated rings. The Labute approximate surface area is 174 Å². The Hall–Kier alpha value is -3.19. The molecular formula is C22H22N4O2S. The van der Waals surface area contributed by atoms with Crippen molar-refractivity contribution in [1.29, 1.82) is 0 Å². The van der Waals surface area contributed by atoms with Gasteiger partial charge in [-0.1, -0.05) is 18.2 Å². The molecular weight excluding hydrogens is 384 g/mol. The van der Waals surface area contributed by atoms with Crippen molar-refractivity contribution in [3.63, 3.8) is 0 Å². The second kappa shape index (κ2) is 8.45. The maximum absolute atomic E-state index is 12.5. The van der Waals surface area contributed by atoms with Crippen LogP contribution < -0.4 is 10.6 Å². The van der Waals surface area contributed by atoms with Crippen molar-refractivity contribution in [2.45, 2.75) is 25.4 Å². The van der Waals surface area contributed by atoms with E-state index in [1.54, 1.807) is 12.5 Å². The Balaban J connectivity index is 1.49. The summed E-state index contributed by atoms with van der Waals surface area (Å²) in [6, 6.07) is 17.0. The molecule has 29 heavy (non-hydrogen) atoms. The van der Waals surface area contributed by atoms with Crippen LogP contribution in [-0.4, -0.2) is 27.4 Å². The number of pyridine rings is 1. The topological polar surface area (TPSA) is 70.4 Å². The predicted molar refractivity (Wildman–Crippen MR) is 115 cm³/mol. The van der Waals surface area contributed by atoms with Crippen LogP contribution in [0.5, 0.6) is 0 Å². The van der Waals surface area contributed by atoms with E-state index < -0.39 is 0 Å². The highest BCUT2D eigenvalue weighted by Gasteiger charge is 2.41. The van der Waals surface area contributed by atoms with Gasteiger partial charge in [0, 0.05) is 24.8 Å². The number of amides is 1. The van der Waals surface area contributed by atoms with Gasteiger partial charge in [0.2, 0.25) is 5.91 Å². The van der Waals surface area contributed by atoms with Gasteiger partial charge in [-0.15, -0.1) is 0 Å². The molecule has 0 unspecified atom stereocenters. The molecule has 1 aliphatic rings. The van der Waals surface area contributed by atoms with Gasteiger partial charge in [-0.2, -0.15) is 0 Å². The minimum Gasteiger partial charge on any atom is -0.467 e. The molecule has 2 aromatic heterocycles. The summed E-state index contributed by atoms with van der Waals surface area (Å²) in [5.41, 5.74) is 2.78. The fraction of sp³-hybridized carbons (Fsp3) is 0.227. The highest BCUT2D eigenvalue weighted by molar-refractivity contribution is 7.80. The molecule has 2 atom stereocenters. The quantitative estimate of drug-likeness (QED) is 0.604. The van der Waals surface area contributed by atoms with Gasteiger partial charge in [0.1, 0.15) is 11.8 Å². The number of aromatic nitrogens is 1. The maximum atomic E-state index is 12.5. The van der Waals surface area contributed by atoms with E-state index in [2.05, 4.69) is 15.6 Å². The molecule has 0 radical (unpaired) electrons. The molecule has 0 aliphatic carbocycles. The van der Waals surface area contributed by atoms with Crippen LogP contribution in [-0.2, 0) is 4.79 Å². The number of hydrogen-bond donors (Lipinski definition) is 2. The SMILES string of the molecule is Cc1cccc(NC(=O)CCN2C(=S)N[C@@H](c3ccccn3)[C@@H]2c2ccco2)c1. The van der Waals surface area contributed by atoms with Crippen LogP contribution >= 0.6 is 12.2 Å². The number of nitrogens with zero attached hydrogens (tertiary/aromatic N) is 2. The summed E-state index contributed by atoms with van der Waals surface area (Å²) in [6.45, 7) is 2.47. The van der Waals surface area contributed by atoms with Crippen LogP contribution in [0, 0.1) is 6.92 Å². The summed E-state index contributed by atoms with van der Waals surface area (Å²) >= 11 is 5.58. The first-order valence-electron chi connectivity index (χ1n) is 9.50. The van der Waals surface area contributed by atoms with Gasteiger partial charge >= 0.3 is 0 Å².